The van der Waals surface area contributed by atoms with Crippen LogP contribution in [-0.4, -0.2) is 54.6 Å². The zero-order chi connectivity index (χ0) is 29.9. The number of benzene rings is 2. The molecular formula is C31H34N8O3. The molecule has 4 aromatic rings. The molecule has 1 aliphatic heterocycles. The zero-order valence-electron chi connectivity index (χ0n) is 23.9. The van der Waals surface area contributed by atoms with Crippen LogP contribution in [0.25, 0.3) is 16.9 Å². The summed E-state index contributed by atoms with van der Waals surface area (Å²) >= 11 is 0. The van der Waals surface area contributed by atoms with Crippen molar-refractivity contribution < 1.29 is 9.53 Å². The van der Waals surface area contributed by atoms with Gasteiger partial charge in [0.25, 0.3) is 5.91 Å². The van der Waals surface area contributed by atoms with Crippen LogP contribution in [0.15, 0.2) is 77.4 Å². The van der Waals surface area contributed by atoms with Crippen LogP contribution in [0, 0.1) is 11.3 Å². The van der Waals surface area contributed by atoms with Crippen molar-refractivity contribution in [3.8, 4) is 23.3 Å². The van der Waals surface area contributed by atoms with Crippen molar-refractivity contribution in [2.75, 3.05) is 18.8 Å². The first-order valence-corrected chi connectivity index (χ1v) is 14.0. The first-order chi connectivity index (χ1) is 20.2. The summed E-state index contributed by atoms with van der Waals surface area (Å²) in [6, 6.07) is 18.3. The van der Waals surface area contributed by atoms with Gasteiger partial charge < -0.3 is 20.7 Å². The minimum Gasteiger partial charge on any atom is -0.457 e. The first kappa shape index (κ1) is 28.6. The van der Waals surface area contributed by atoms with E-state index < -0.39 is 5.54 Å². The topological polar surface area (TPSA) is 144 Å². The molecule has 3 N–H and O–H groups in total. The van der Waals surface area contributed by atoms with E-state index in [1.165, 1.54) is 15.5 Å². The summed E-state index contributed by atoms with van der Waals surface area (Å²) in [5.41, 5.74) is 6.81. The molecule has 1 atom stereocenters. The third-order valence-electron chi connectivity index (χ3n) is 7.33. The number of anilines is 1. The summed E-state index contributed by atoms with van der Waals surface area (Å²) in [6.45, 7) is 7.20. The number of carbonyl (C=O) groups is 1. The van der Waals surface area contributed by atoms with Crippen molar-refractivity contribution in [2.45, 2.75) is 51.7 Å². The van der Waals surface area contributed by atoms with Gasteiger partial charge in [0.05, 0.1) is 11.7 Å². The number of likely N-dealkylation sites (tertiary alicyclic amines) is 1. The van der Waals surface area contributed by atoms with Crippen molar-refractivity contribution in [3.05, 3.63) is 83.1 Å². The maximum Gasteiger partial charge on any atom is 0.335 e. The van der Waals surface area contributed by atoms with E-state index >= 15 is 0 Å². The lowest BCUT2D eigenvalue weighted by Crippen LogP contribution is -2.42. The van der Waals surface area contributed by atoms with Crippen LogP contribution in [0.4, 0.5) is 5.82 Å². The van der Waals surface area contributed by atoms with Crippen molar-refractivity contribution in [1.82, 2.24) is 29.3 Å². The molecule has 0 bridgehead atoms. The lowest BCUT2D eigenvalue weighted by Gasteiger charge is -2.26. The van der Waals surface area contributed by atoms with Gasteiger partial charge in [-0.25, -0.2) is 14.8 Å². The Morgan fingerprint density at radius 1 is 1.17 bits per heavy atom. The molecule has 2 aromatic carbocycles. The second kappa shape index (κ2) is 11.9. The van der Waals surface area contributed by atoms with E-state index in [1.54, 1.807) is 35.2 Å². The molecule has 11 nitrogen and oxygen atoms in total. The number of nitrogens with two attached hydrogens (primary N) is 1. The number of carbonyl (C=O) groups excluding carboxylic acids is 1. The number of imidazole rings is 1. The number of fused-ring (bicyclic) bond motifs is 1. The minimum atomic E-state index is -0.523. The van der Waals surface area contributed by atoms with Gasteiger partial charge in [-0.2, -0.15) is 5.26 Å². The van der Waals surface area contributed by atoms with Crippen molar-refractivity contribution in [1.29, 1.82) is 5.26 Å². The average molecular weight is 567 g/mol. The summed E-state index contributed by atoms with van der Waals surface area (Å²) in [7, 11) is 0. The van der Waals surface area contributed by atoms with Crippen LogP contribution in [0.5, 0.6) is 11.5 Å². The molecule has 216 valence electrons. The van der Waals surface area contributed by atoms with Gasteiger partial charge >= 0.3 is 5.69 Å². The molecule has 3 heterocycles. The molecule has 2 aromatic heterocycles. The smallest absolute Gasteiger partial charge is 0.335 e. The number of amides is 1. The normalized spacial score (nSPS) is 15.6. The Hall–Kier alpha value is -4.95. The van der Waals surface area contributed by atoms with E-state index in [0.29, 0.717) is 47.9 Å². The van der Waals surface area contributed by atoms with Gasteiger partial charge in [0.1, 0.15) is 35.0 Å². The highest BCUT2D eigenvalue weighted by atomic mass is 16.5. The van der Waals surface area contributed by atoms with Gasteiger partial charge in [-0.1, -0.05) is 25.1 Å². The lowest BCUT2D eigenvalue weighted by atomic mass is 10.0. The van der Waals surface area contributed by atoms with E-state index in [9.17, 15) is 14.9 Å². The molecule has 0 spiro atoms. The van der Waals surface area contributed by atoms with E-state index in [1.807, 2.05) is 51.1 Å². The Morgan fingerprint density at radius 3 is 2.57 bits per heavy atom. The van der Waals surface area contributed by atoms with E-state index in [-0.39, 0.29) is 35.6 Å². The number of nitrogens with one attached hydrogen (secondary N) is 1. The minimum absolute atomic E-state index is 0.0759. The Morgan fingerprint density at radius 2 is 1.88 bits per heavy atom. The quantitative estimate of drug-likeness (QED) is 0.230. The fourth-order valence-corrected chi connectivity index (χ4v) is 5.46. The van der Waals surface area contributed by atoms with Crippen LogP contribution in [0.2, 0.25) is 0 Å². The Kier molecular flexibility index (Phi) is 8.08. The highest BCUT2D eigenvalue weighted by molar-refractivity contribution is 5.97. The number of para-hydroxylation sites is 1. The van der Waals surface area contributed by atoms with Crippen LogP contribution in [-0.2, 0) is 11.3 Å². The molecule has 1 aliphatic rings. The predicted molar refractivity (Wildman–Crippen MR) is 160 cm³/mol. The fourth-order valence-electron chi connectivity index (χ4n) is 5.46. The van der Waals surface area contributed by atoms with Crippen molar-refractivity contribution in [2.24, 2.45) is 0 Å². The van der Waals surface area contributed by atoms with Gasteiger partial charge in [-0.3, -0.25) is 13.9 Å². The third kappa shape index (κ3) is 5.75. The van der Waals surface area contributed by atoms with E-state index in [2.05, 4.69) is 21.4 Å². The van der Waals surface area contributed by atoms with Crippen LogP contribution in [0.3, 0.4) is 0 Å². The number of hydrogen-bond acceptors (Lipinski definition) is 8. The number of nitriles is 1. The molecule has 0 aliphatic carbocycles. The monoisotopic (exact) mass is 566 g/mol. The first-order valence-electron chi connectivity index (χ1n) is 14.0. The molecule has 0 radical (unpaired) electrons. The highest BCUT2D eigenvalue weighted by Gasteiger charge is 2.33. The summed E-state index contributed by atoms with van der Waals surface area (Å²) < 4.78 is 8.92. The van der Waals surface area contributed by atoms with Crippen LogP contribution in [0.1, 0.15) is 33.6 Å². The number of aromatic nitrogens is 4. The van der Waals surface area contributed by atoms with Gasteiger partial charge in [0.15, 0.2) is 11.5 Å². The summed E-state index contributed by atoms with van der Waals surface area (Å²) in [6.07, 6.45) is 4.45. The van der Waals surface area contributed by atoms with Crippen LogP contribution >= 0.6 is 0 Å². The van der Waals surface area contributed by atoms with Crippen LogP contribution < -0.4 is 21.5 Å². The number of likely N-dealkylation sites (N-methyl/N-ethyl adjacent to an activating group) is 1. The molecule has 5 rings (SSSR count). The maximum atomic E-state index is 13.9. The molecule has 42 heavy (non-hydrogen) atoms. The second-order valence-electron chi connectivity index (χ2n) is 10.8. The molecular weight excluding hydrogens is 532 g/mol. The summed E-state index contributed by atoms with van der Waals surface area (Å²) in [5.74, 6) is 1.14. The van der Waals surface area contributed by atoms with Gasteiger partial charge in [0.2, 0.25) is 0 Å². The second-order valence-corrected chi connectivity index (χ2v) is 10.8. The largest absolute Gasteiger partial charge is 0.457 e. The molecule has 0 unspecified atom stereocenters. The number of rotatable bonds is 9. The zero-order valence-corrected chi connectivity index (χ0v) is 23.9. The maximum absolute atomic E-state index is 13.9. The summed E-state index contributed by atoms with van der Waals surface area (Å²) in [4.78, 5) is 37.7. The third-order valence-corrected chi connectivity index (χ3v) is 7.33. The Balaban J connectivity index is 1.47. The number of nitrogens with zero attached hydrogens (tertiary/aromatic N) is 6. The summed E-state index contributed by atoms with van der Waals surface area (Å²) in [5, 5.41) is 13.1. The molecule has 1 fully saturated rings. The highest BCUT2D eigenvalue weighted by Crippen LogP contribution is 2.27. The van der Waals surface area contributed by atoms with Gasteiger partial charge in [-0.15, -0.1) is 0 Å². The standard InChI is InChI=1S/C31H34N8O3/c1-4-36-31(2,3)17-21(18-32)29(40)37-16-8-9-23(37)19-38-28-26(27(33)34-20-35-28)39(30(38)41)22-12-14-25(15-13-22)42-24-10-6-5-7-11-24/h5-7,10-15,17,20,23,36H,4,8-9,16,19H2,1-3H3,(H2,33,34,35)/b21-17-/t23-/m0/s1. The van der Waals surface area contributed by atoms with Crippen molar-refractivity contribution in [3.63, 3.8) is 0 Å². The number of ether oxygens (including phenoxy) is 1. The van der Waals surface area contributed by atoms with Crippen molar-refractivity contribution >= 4 is 22.9 Å². The van der Waals surface area contributed by atoms with E-state index in [0.717, 1.165) is 6.42 Å². The Bertz CT molecular complexity index is 1720. The Labute approximate surface area is 243 Å². The number of nitrogen functional groups attached to an aromatic ring is 1. The molecule has 1 saturated heterocycles. The fraction of sp³-hybridized carbons (Fsp3) is 0.323. The average Bonchev–Trinajstić information content (AvgIpc) is 3.55. The molecule has 11 heteroatoms. The van der Waals surface area contributed by atoms with Gasteiger partial charge in [0, 0.05) is 18.6 Å². The van der Waals surface area contributed by atoms with Gasteiger partial charge in [-0.05, 0) is 75.7 Å². The lowest BCUT2D eigenvalue weighted by molar-refractivity contribution is -0.127. The van der Waals surface area contributed by atoms with E-state index in [4.69, 9.17) is 10.5 Å². The molecule has 0 saturated carbocycles. The number of hydrogen-bond donors (Lipinski definition) is 2. The molecule has 1 amide bonds. The SMILES string of the molecule is CCNC(C)(C)/C=C(/C#N)C(=O)N1CCC[C@H]1Cn1c(=O)n(-c2ccc(Oc3ccccc3)cc2)c2c(N)ncnc21. The predicted octanol–water partition coefficient (Wildman–Crippen LogP) is 3.79.